The molecule has 1 saturated carbocycles. The lowest BCUT2D eigenvalue weighted by Crippen LogP contribution is -2.20. The molecule has 0 unspecified atom stereocenters. The highest BCUT2D eigenvalue weighted by atomic mass is 19.4. The van der Waals surface area contributed by atoms with Crippen molar-refractivity contribution in [2.24, 2.45) is 0 Å². The van der Waals surface area contributed by atoms with Gasteiger partial charge in [-0.2, -0.15) is 18.3 Å². The van der Waals surface area contributed by atoms with Gasteiger partial charge in [0.25, 0.3) is 0 Å². The number of aromatic nitrogens is 3. The Morgan fingerprint density at radius 2 is 2.19 bits per heavy atom. The maximum atomic E-state index is 13.3. The molecule has 0 amide bonds. The molecule has 2 heterocycles. The van der Waals surface area contributed by atoms with E-state index in [0.717, 1.165) is 23.7 Å². The fourth-order valence-corrected chi connectivity index (χ4v) is 2.24. The Morgan fingerprint density at radius 1 is 1.48 bits per heavy atom. The van der Waals surface area contributed by atoms with Crippen LogP contribution in [0.5, 0.6) is 0 Å². The molecule has 1 fully saturated rings. The third-order valence-corrected chi connectivity index (χ3v) is 3.33. The molecule has 0 saturated heterocycles. The number of nitrogens with zero attached hydrogens (tertiary/aromatic N) is 3. The highest BCUT2D eigenvalue weighted by Crippen LogP contribution is 2.42. The molecule has 0 aliphatic heterocycles. The second-order valence-electron chi connectivity index (χ2n) is 5.33. The Balaban J connectivity index is 2.02. The summed E-state index contributed by atoms with van der Waals surface area (Å²) < 4.78 is 45.5. The van der Waals surface area contributed by atoms with Crippen molar-refractivity contribution in [3.05, 3.63) is 23.7 Å². The highest BCUT2D eigenvalue weighted by molar-refractivity contribution is 5.60. The molecule has 5 nitrogen and oxygen atoms in total. The molecule has 2 aromatic rings. The van der Waals surface area contributed by atoms with Crippen LogP contribution in [0.4, 0.5) is 13.2 Å². The van der Waals surface area contributed by atoms with Crippen LogP contribution in [-0.4, -0.2) is 26.1 Å². The summed E-state index contributed by atoms with van der Waals surface area (Å²) in [5, 5.41) is 16.8. The molecular weight excluding hydrogens is 287 g/mol. The number of hydrogen-bond donors (Lipinski definition) is 1. The van der Waals surface area contributed by atoms with E-state index in [1.807, 2.05) is 0 Å². The van der Waals surface area contributed by atoms with Gasteiger partial charge in [0.2, 0.25) is 0 Å². The fraction of sp³-hybridized carbons (Fsp3) is 0.538. The molecule has 0 radical (unpaired) electrons. The molecule has 8 heteroatoms. The van der Waals surface area contributed by atoms with Gasteiger partial charge in [-0.15, -0.1) is 0 Å². The lowest BCUT2D eigenvalue weighted by Gasteiger charge is -2.12. The Morgan fingerprint density at radius 3 is 2.76 bits per heavy atom. The van der Waals surface area contributed by atoms with E-state index in [1.165, 1.54) is 13.0 Å². The predicted octanol–water partition coefficient (Wildman–Crippen LogP) is 2.82. The third kappa shape index (κ3) is 2.80. The van der Waals surface area contributed by atoms with Gasteiger partial charge in [-0.1, -0.05) is 5.16 Å². The summed E-state index contributed by atoms with van der Waals surface area (Å²) in [4.78, 5) is 0. The number of hydrogen-bond acceptors (Lipinski definition) is 4. The molecule has 0 aromatic carbocycles. The van der Waals surface area contributed by atoms with Crippen molar-refractivity contribution in [1.82, 2.24) is 14.9 Å². The first-order valence-electron chi connectivity index (χ1n) is 6.64. The maximum Gasteiger partial charge on any atom is 0.433 e. The molecule has 21 heavy (non-hydrogen) atoms. The average Bonchev–Trinajstić information content (AvgIpc) is 2.94. The van der Waals surface area contributed by atoms with E-state index < -0.39 is 18.0 Å². The highest BCUT2D eigenvalue weighted by Gasteiger charge is 2.40. The SMILES string of the molecule is C[C@@H](O)Cn1ncc(-c2cc(C3CC3)no2)c1C(F)(F)F. The molecule has 1 aliphatic carbocycles. The Hall–Kier alpha value is -1.83. The first kappa shape index (κ1) is 14.1. The largest absolute Gasteiger partial charge is 0.433 e. The Labute approximate surface area is 118 Å². The van der Waals surface area contributed by atoms with Crippen LogP contribution >= 0.6 is 0 Å². The minimum absolute atomic E-state index is 0.0565. The van der Waals surface area contributed by atoms with E-state index in [1.54, 1.807) is 0 Å². The van der Waals surface area contributed by atoms with Gasteiger partial charge in [-0.3, -0.25) is 4.68 Å². The minimum Gasteiger partial charge on any atom is -0.391 e. The van der Waals surface area contributed by atoms with E-state index >= 15 is 0 Å². The first-order valence-corrected chi connectivity index (χ1v) is 6.64. The van der Waals surface area contributed by atoms with E-state index in [-0.39, 0.29) is 17.9 Å². The van der Waals surface area contributed by atoms with E-state index in [2.05, 4.69) is 10.3 Å². The number of alkyl halides is 3. The van der Waals surface area contributed by atoms with Crippen molar-refractivity contribution in [2.45, 2.75) is 44.5 Å². The quantitative estimate of drug-likeness (QED) is 0.943. The topological polar surface area (TPSA) is 64.1 Å². The monoisotopic (exact) mass is 301 g/mol. The molecule has 2 aromatic heterocycles. The van der Waals surface area contributed by atoms with Crippen molar-refractivity contribution >= 4 is 0 Å². The maximum absolute atomic E-state index is 13.3. The van der Waals surface area contributed by atoms with Crippen molar-refractivity contribution in [3.8, 4) is 11.3 Å². The second-order valence-corrected chi connectivity index (χ2v) is 5.33. The molecule has 1 N–H and O–H groups in total. The second kappa shape index (κ2) is 4.87. The van der Waals surface area contributed by atoms with E-state index in [0.29, 0.717) is 11.6 Å². The van der Waals surface area contributed by atoms with Crippen LogP contribution in [0.25, 0.3) is 11.3 Å². The van der Waals surface area contributed by atoms with E-state index in [4.69, 9.17) is 4.52 Å². The zero-order valence-corrected chi connectivity index (χ0v) is 11.3. The zero-order valence-electron chi connectivity index (χ0n) is 11.3. The van der Waals surface area contributed by atoms with Gasteiger partial charge < -0.3 is 9.63 Å². The van der Waals surface area contributed by atoms with Crippen LogP contribution in [0, 0.1) is 0 Å². The van der Waals surface area contributed by atoms with Crippen molar-refractivity contribution in [1.29, 1.82) is 0 Å². The summed E-state index contributed by atoms with van der Waals surface area (Å²) in [7, 11) is 0. The Bertz CT molecular complexity index is 641. The molecule has 0 bridgehead atoms. The van der Waals surface area contributed by atoms with Crippen LogP contribution in [0.15, 0.2) is 16.8 Å². The zero-order chi connectivity index (χ0) is 15.2. The number of rotatable bonds is 4. The first-order chi connectivity index (χ1) is 9.86. The van der Waals surface area contributed by atoms with Gasteiger partial charge in [-0.25, -0.2) is 0 Å². The summed E-state index contributed by atoms with van der Waals surface area (Å²) in [5.41, 5.74) is -0.397. The van der Waals surface area contributed by atoms with Crippen LogP contribution in [0.2, 0.25) is 0 Å². The van der Waals surface area contributed by atoms with Crippen LogP contribution in [0.1, 0.15) is 37.1 Å². The standard InChI is InChI=1S/C13H14F3N3O2/c1-7(20)6-19-12(13(14,15)16)9(5-17-19)11-4-10(18-21-11)8-2-3-8/h4-5,7-8,20H,2-3,6H2,1H3/t7-/m1/s1. The van der Waals surface area contributed by atoms with Crippen molar-refractivity contribution in [3.63, 3.8) is 0 Å². The van der Waals surface area contributed by atoms with Crippen molar-refractivity contribution in [2.75, 3.05) is 0 Å². The molecule has 114 valence electrons. The van der Waals surface area contributed by atoms with Crippen LogP contribution in [0.3, 0.4) is 0 Å². The van der Waals surface area contributed by atoms with Gasteiger partial charge in [0, 0.05) is 12.0 Å². The summed E-state index contributed by atoms with van der Waals surface area (Å²) in [6.07, 6.45) is -2.45. The molecule has 3 rings (SSSR count). The summed E-state index contributed by atoms with van der Waals surface area (Å²) >= 11 is 0. The van der Waals surface area contributed by atoms with Gasteiger partial charge in [0.15, 0.2) is 11.5 Å². The number of aliphatic hydroxyl groups is 1. The van der Waals surface area contributed by atoms with Crippen LogP contribution in [-0.2, 0) is 12.7 Å². The molecule has 0 spiro atoms. The van der Waals surface area contributed by atoms with Gasteiger partial charge in [0.1, 0.15) is 0 Å². The lowest BCUT2D eigenvalue weighted by atomic mass is 10.1. The Kier molecular flexibility index (Phi) is 3.27. The summed E-state index contributed by atoms with van der Waals surface area (Å²) in [6, 6.07) is 1.54. The lowest BCUT2D eigenvalue weighted by molar-refractivity contribution is -0.144. The molecule has 1 atom stereocenters. The van der Waals surface area contributed by atoms with Crippen molar-refractivity contribution < 1.29 is 22.8 Å². The normalized spacial score (nSPS) is 17.2. The number of halogens is 3. The van der Waals surface area contributed by atoms with E-state index in [9.17, 15) is 18.3 Å². The predicted molar refractivity (Wildman–Crippen MR) is 66.4 cm³/mol. The van der Waals surface area contributed by atoms with Gasteiger partial charge in [0.05, 0.1) is 30.1 Å². The smallest absolute Gasteiger partial charge is 0.391 e. The molecule has 1 aliphatic rings. The van der Waals surface area contributed by atoms with Crippen LogP contribution < -0.4 is 0 Å². The third-order valence-electron chi connectivity index (χ3n) is 3.33. The van der Waals surface area contributed by atoms with Gasteiger partial charge in [-0.05, 0) is 19.8 Å². The summed E-state index contributed by atoms with van der Waals surface area (Å²) in [6.45, 7) is 1.17. The average molecular weight is 301 g/mol. The fourth-order valence-electron chi connectivity index (χ4n) is 2.24. The summed E-state index contributed by atoms with van der Waals surface area (Å²) in [5.74, 6) is 0.352. The van der Waals surface area contributed by atoms with Gasteiger partial charge >= 0.3 is 6.18 Å². The number of aliphatic hydroxyl groups excluding tert-OH is 1. The molecular formula is C13H14F3N3O2. The minimum atomic E-state index is -4.59.